The molecule has 0 radical (unpaired) electrons. The highest BCUT2D eigenvalue weighted by atomic mass is 35.5. The monoisotopic (exact) mass is 516 g/mol. The van der Waals surface area contributed by atoms with Crippen molar-refractivity contribution in [1.82, 2.24) is 14.7 Å². The van der Waals surface area contributed by atoms with Gasteiger partial charge in [-0.25, -0.2) is 4.68 Å². The minimum absolute atomic E-state index is 0.0556. The Morgan fingerprint density at radius 2 is 1.65 bits per heavy atom. The summed E-state index contributed by atoms with van der Waals surface area (Å²) < 4.78 is 12.8. The number of amides is 1. The number of ether oxygens (including phenoxy) is 2. The Bertz CT molecular complexity index is 1360. The maximum Gasteiger partial charge on any atom is 0.272 e. The molecule has 0 atom stereocenters. The molecule has 1 saturated heterocycles. The predicted octanol–water partition coefficient (Wildman–Crippen LogP) is 5.56. The summed E-state index contributed by atoms with van der Waals surface area (Å²) in [4.78, 5) is 18.0. The van der Waals surface area contributed by atoms with Crippen molar-refractivity contribution in [1.29, 1.82) is 0 Å². The number of para-hydroxylation sites is 2. The van der Waals surface area contributed by atoms with E-state index in [0.717, 1.165) is 41.5 Å². The lowest BCUT2D eigenvalue weighted by Crippen LogP contribution is -2.49. The SMILES string of the molecule is CCOc1ccccc1N1CCN(C(=O)c2cc(-c3ccc(OC)cc3)nn2-c2ccc(Cl)cc2)CC1. The molecule has 0 bridgehead atoms. The highest BCUT2D eigenvalue weighted by molar-refractivity contribution is 6.30. The van der Waals surface area contributed by atoms with Crippen molar-refractivity contribution >= 4 is 23.2 Å². The van der Waals surface area contributed by atoms with Crippen LogP contribution in [0.25, 0.3) is 16.9 Å². The quantitative estimate of drug-likeness (QED) is 0.322. The molecule has 0 saturated carbocycles. The zero-order valence-electron chi connectivity index (χ0n) is 20.9. The summed E-state index contributed by atoms with van der Waals surface area (Å²) in [5, 5.41) is 5.43. The van der Waals surface area contributed by atoms with Gasteiger partial charge in [0.15, 0.2) is 0 Å². The molecule has 7 nitrogen and oxygen atoms in total. The number of carbonyl (C=O) groups excluding carboxylic acids is 1. The topological polar surface area (TPSA) is 59.8 Å². The summed E-state index contributed by atoms with van der Waals surface area (Å²) in [6.45, 7) is 5.23. The van der Waals surface area contributed by atoms with Crippen LogP contribution in [0.3, 0.4) is 0 Å². The number of carbonyl (C=O) groups is 1. The molecule has 0 unspecified atom stereocenters. The maximum atomic E-state index is 13.8. The fourth-order valence-corrected chi connectivity index (χ4v) is 4.65. The van der Waals surface area contributed by atoms with E-state index in [1.807, 2.05) is 72.5 Å². The molecular weight excluding hydrogens is 488 g/mol. The third-order valence-electron chi connectivity index (χ3n) is 6.46. The molecule has 1 aliphatic heterocycles. The van der Waals surface area contributed by atoms with Gasteiger partial charge >= 0.3 is 0 Å². The molecular formula is C29H29ClN4O3. The number of piperazine rings is 1. The van der Waals surface area contributed by atoms with Gasteiger partial charge in [0.25, 0.3) is 5.91 Å². The van der Waals surface area contributed by atoms with Crippen molar-refractivity contribution in [3.63, 3.8) is 0 Å². The number of rotatable bonds is 7. The van der Waals surface area contributed by atoms with Crippen molar-refractivity contribution in [2.24, 2.45) is 0 Å². The van der Waals surface area contributed by atoms with Gasteiger partial charge in [-0.1, -0.05) is 23.7 Å². The Morgan fingerprint density at radius 1 is 0.946 bits per heavy atom. The third-order valence-corrected chi connectivity index (χ3v) is 6.71. The second-order valence-electron chi connectivity index (χ2n) is 8.71. The molecule has 190 valence electrons. The normalized spacial score (nSPS) is 13.5. The van der Waals surface area contributed by atoms with Crippen molar-refractivity contribution in [2.45, 2.75) is 6.92 Å². The fraction of sp³-hybridized carbons (Fsp3) is 0.241. The van der Waals surface area contributed by atoms with E-state index < -0.39 is 0 Å². The highest BCUT2D eigenvalue weighted by Crippen LogP contribution is 2.30. The van der Waals surface area contributed by atoms with E-state index in [2.05, 4.69) is 11.0 Å². The molecule has 37 heavy (non-hydrogen) atoms. The van der Waals surface area contributed by atoms with E-state index in [4.69, 9.17) is 26.2 Å². The number of halogens is 1. The second-order valence-corrected chi connectivity index (χ2v) is 9.15. The number of benzene rings is 3. The molecule has 3 aromatic carbocycles. The first-order chi connectivity index (χ1) is 18.1. The third kappa shape index (κ3) is 5.27. The molecule has 0 N–H and O–H groups in total. The molecule has 4 aromatic rings. The van der Waals surface area contributed by atoms with Crippen LogP contribution in [0, 0.1) is 0 Å². The summed E-state index contributed by atoms with van der Waals surface area (Å²) in [6.07, 6.45) is 0. The Balaban J connectivity index is 1.41. The molecule has 0 spiro atoms. The van der Waals surface area contributed by atoms with Crippen LogP contribution >= 0.6 is 11.6 Å². The lowest BCUT2D eigenvalue weighted by atomic mass is 10.1. The summed E-state index contributed by atoms with van der Waals surface area (Å²) in [7, 11) is 1.64. The smallest absolute Gasteiger partial charge is 0.272 e. The van der Waals surface area contributed by atoms with Crippen LogP contribution in [0.4, 0.5) is 5.69 Å². The van der Waals surface area contributed by atoms with E-state index in [0.29, 0.717) is 36.1 Å². The van der Waals surface area contributed by atoms with E-state index in [9.17, 15) is 4.79 Å². The van der Waals surface area contributed by atoms with E-state index >= 15 is 0 Å². The van der Waals surface area contributed by atoms with E-state index in [-0.39, 0.29) is 5.91 Å². The van der Waals surface area contributed by atoms with Crippen LogP contribution in [0.15, 0.2) is 78.9 Å². The Labute approximate surface area is 221 Å². The van der Waals surface area contributed by atoms with Gasteiger partial charge in [0.1, 0.15) is 17.2 Å². The average molecular weight is 517 g/mol. The number of aromatic nitrogens is 2. The molecule has 0 aliphatic carbocycles. The van der Waals surface area contributed by atoms with Crippen molar-refractivity contribution in [3.8, 4) is 28.4 Å². The Morgan fingerprint density at radius 3 is 2.32 bits per heavy atom. The summed E-state index contributed by atoms with van der Waals surface area (Å²) in [6, 6.07) is 24.9. The van der Waals surface area contributed by atoms with Crippen molar-refractivity contribution < 1.29 is 14.3 Å². The van der Waals surface area contributed by atoms with Crippen LogP contribution in [0.2, 0.25) is 5.02 Å². The van der Waals surface area contributed by atoms with Gasteiger partial charge < -0.3 is 19.3 Å². The minimum Gasteiger partial charge on any atom is -0.497 e. The van der Waals surface area contributed by atoms with E-state index in [1.54, 1.807) is 23.9 Å². The van der Waals surface area contributed by atoms with Crippen molar-refractivity contribution in [3.05, 3.63) is 89.6 Å². The first kappa shape index (κ1) is 24.7. The number of hydrogen-bond acceptors (Lipinski definition) is 5. The number of nitrogens with zero attached hydrogens (tertiary/aromatic N) is 4. The van der Waals surface area contributed by atoms with Gasteiger partial charge in [-0.2, -0.15) is 5.10 Å². The van der Waals surface area contributed by atoms with Gasteiger partial charge in [-0.05, 0) is 73.7 Å². The minimum atomic E-state index is -0.0556. The van der Waals surface area contributed by atoms with E-state index in [1.165, 1.54) is 0 Å². The zero-order chi connectivity index (χ0) is 25.8. The fourth-order valence-electron chi connectivity index (χ4n) is 4.52. The molecule has 1 fully saturated rings. The Hall–Kier alpha value is -3.97. The molecule has 8 heteroatoms. The molecule has 2 heterocycles. The van der Waals surface area contributed by atoms with Gasteiger partial charge in [0.2, 0.25) is 0 Å². The van der Waals surface area contributed by atoms with Crippen LogP contribution in [-0.2, 0) is 0 Å². The van der Waals surface area contributed by atoms with Crippen LogP contribution in [0.1, 0.15) is 17.4 Å². The summed E-state index contributed by atoms with van der Waals surface area (Å²) >= 11 is 6.12. The average Bonchev–Trinajstić information content (AvgIpc) is 3.39. The van der Waals surface area contributed by atoms with Gasteiger partial charge in [-0.15, -0.1) is 0 Å². The van der Waals surface area contributed by atoms with Crippen LogP contribution < -0.4 is 14.4 Å². The summed E-state index contributed by atoms with van der Waals surface area (Å²) in [5.74, 6) is 1.58. The molecule has 1 aliphatic rings. The highest BCUT2D eigenvalue weighted by Gasteiger charge is 2.27. The number of hydrogen-bond donors (Lipinski definition) is 0. The predicted molar refractivity (Wildman–Crippen MR) is 146 cm³/mol. The molecule has 1 amide bonds. The molecule has 5 rings (SSSR count). The van der Waals surface area contributed by atoms with Gasteiger partial charge in [-0.3, -0.25) is 4.79 Å². The lowest BCUT2D eigenvalue weighted by Gasteiger charge is -2.36. The number of anilines is 1. The zero-order valence-corrected chi connectivity index (χ0v) is 21.7. The van der Waals surface area contributed by atoms with Crippen LogP contribution in [0.5, 0.6) is 11.5 Å². The van der Waals surface area contributed by atoms with Gasteiger partial charge in [0.05, 0.1) is 30.8 Å². The largest absolute Gasteiger partial charge is 0.497 e. The first-order valence-corrected chi connectivity index (χ1v) is 12.7. The molecule has 1 aromatic heterocycles. The maximum absolute atomic E-state index is 13.8. The van der Waals surface area contributed by atoms with Crippen molar-refractivity contribution in [2.75, 3.05) is 44.8 Å². The summed E-state index contributed by atoms with van der Waals surface area (Å²) in [5.41, 5.74) is 3.96. The first-order valence-electron chi connectivity index (χ1n) is 12.3. The van der Waals surface area contributed by atoms with Crippen LogP contribution in [-0.4, -0.2) is 60.5 Å². The lowest BCUT2D eigenvalue weighted by molar-refractivity contribution is 0.0737. The Kier molecular flexibility index (Phi) is 7.32. The standard InChI is InChI=1S/C29H29ClN4O3/c1-3-37-28-7-5-4-6-26(28)32-16-18-33(19-17-32)29(35)27-20-25(21-8-14-24(36-2)15-9-21)31-34(27)23-12-10-22(30)11-13-23/h4-15,20H,3,16-19H2,1-2H3. The second kappa shape index (κ2) is 11.0. The number of methoxy groups -OCH3 is 1. The van der Waals surface area contributed by atoms with Gasteiger partial charge in [0, 0.05) is 36.8 Å².